The molecule has 64 valence electrons. The van der Waals surface area contributed by atoms with E-state index in [1.165, 1.54) is 31.6 Å². The molecule has 1 saturated heterocycles. The van der Waals surface area contributed by atoms with Gasteiger partial charge in [0.1, 0.15) is 0 Å². The van der Waals surface area contributed by atoms with Crippen LogP contribution in [0.15, 0.2) is 12.3 Å². The maximum atomic E-state index is 4.06. The van der Waals surface area contributed by atoms with Gasteiger partial charge in [0, 0.05) is 25.3 Å². The van der Waals surface area contributed by atoms with Crippen molar-refractivity contribution >= 4 is 0 Å². The second kappa shape index (κ2) is 4.39. The number of rotatable bonds is 4. The van der Waals surface area contributed by atoms with Crippen LogP contribution in [0.1, 0.15) is 19.3 Å². The fourth-order valence-electron chi connectivity index (χ4n) is 1.46. The van der Waals surface area contributed by atoms with Crippen LogP contribution in [0, 0.1) is 0 Å². The highest BCUT2D eigenvalue weighted by Crippen LogP contribution is 2.14. The van der Waals surface area contributed by atoms with Gasteiger partial charge in [-0.15, -0.1) is 0 Å². The molecule has 1 aliphatic heterocycles. The van der Waals surface area contributed by atoms with Crippen molar-refractivity contribution in [3.8, 4) is 0 Å². The predicted molar refractivity (Wildman–Crippen MR) is 48.5 cm³/mol. The summed E-state index contributed by atoms with van der Waals surface area (Å²) in [5.74, 6) is 0. The van der Waals surface area contributed by atoms with Crippen molar-refractivity contribution in [1.82, 2.24) is 10.2 Å². The van der Waals surface area contributed by atoms with Gasteiger partial charge in [-0.25, -0.2) is 0 Å². The van der Waals surface area contributed by atoms with E-state index in [9.17, 15) is 0 Å². The first-order valence-electron chi connectivity index (χ1n) is 4.42. The highest BCUT2D eigenvalue weighted by molar-refractivity contribution is 4.96. The van der Waals surface area contributed by atoms with Crippen molar-refractivity contribution in [3.63, 3.8) is 0 Å². The average molecular weight is 154 g/mol. The normalized spacial score (nSPS) is 17.4. The maximum absolute atomic E-state index is 4.06. The molecule has 0 aromatic carbocycles. The molecule has 2 heteroatoms. The summed E-state index contributed by atoms with van der Waals surface area (Å²) < 4.78 is 0. The van der Waals surface area contributed by atoms with Gasteiger partial charge in [0.05, 0.1) is 0 Å². The van der Waals surface area contributed by atoms with Crippen LogP contribution in [0.3, 0.4) is 0 Å². The minimum Gasteiger partial charge on any atom is -0.375 e. The van der Waals surface area contributed by atoms with Gasteiger partial charge in [-0.3, -0.25) is 0 Å². The topological polar surface area (TPSA) is 15.3 Å². The molecule has 0 aliphatic carbocycles. The lowest BCUT2D eigenvalue weighted by molar-refractivity contribution is 0.409. The van der Waals surface area contributed by atoms with Crippen LogP contribution < -0.4 is 5.32 Å². The van der Waals surface area contributed by atoms with E-state index in [1.54, 1.807) is 0 Å². The average Bonchev–Trinajstić information content (AvgIpc) is 2.52. The molecule has 1 heterocycles. The summed E-state index contributed by atoms with van der Waals surface area (Å²) in [6.45, 7) is 7.56. The van der Waals surface area contributed by atoms with Gasteiger partial charge in [0.25, 0.3) is 0 Å². The Morgan fingerprint density at radius 1 is 1.45 bits per heavy atom. The second-order valence-electron chi connectivity index (χ2n) is 3.11. The van der Waals surface area contributed by atoms with Crippen LogP contribution in [0.2, 0.25) is 0 Å². The van der Waals surface area contributed by atoms with Crippen LogP contribution in [-0.4, -0.2) is 31.6 Å². The Kier molecular flexibility index (Phi) is 3.43. The molecule has 0 amide bonds. The first-order valence-corrected chi connectivity index (χ1v) is 4.42. The summed E-state index contributed by atoms with van der Waals surface area (Å²) in [5.41, 5.74) is 1.30. The van der Waals surface area contributed by atoms with Gasteiger partial charge in [-0.2, -0.15) is 0 Å². The lowest BCUT2D eigenvalue weighted by Crippen LogP contribution is -2.20. The zero-order chi connectivity index (χ0) is 8.10. The van der Waals surface area contributed by atoms with Crippen LogP contribution in [0.4, 0.5) is 0 Å². The number of likely N-dealkylation sites (tertiary alicyclic amines) is 1. The first kappa shape index (κ1) is 8.60. The third-order valence-corrected chi connectivity index (χ3v) is 2.22. The smallest absolute Gasteiger partial charge is 0.0175 e. The number of nitrogens with zero attached hydrogens (tertiary/aromatic N) is 1. The Hall–Kier alpha value is -0.500. The van der Waals surface area contributed by atoms with Crippen molar-refractivity contribution in [2.24, 2.45) is 0 Å². The molecule has 0 atom stereocenters. The Labute approximate surface area is 69.3 Å². The minimum atomic E-state index is 1.05. The summed E-state index contributed by atoms with van der Waals surface area (Å²) in [4.78, 5) is 2.40. The zero-order valence-electron chi connectivity index (χ0n) is 7.40. The molecular weight excluding hydrogens is 136 g/mol. The van der Waals surface area contributed by atoms with E-state index in [1.807, 2.05) is 7.05 Å². The molecule has 0 saturated carbocycles. The van der Waals surface area contributed by atoms with Gasteiger partial charge >= 0.3 is 0 Å². The lowest BCUT2D eigenvalue weighted by Gasteiger charge is -2.19. The summed E-state index contributed by atoms with van der Waals surface area (Å²) in [6.07, 6.45) is 3.79. The lowest BCUT2D eigenvalue weighted by atomic mass is 10.3. The second-order valence-corrected chi connectivity index (χ2v) is 3.11. The van der Waals surface area contributed by atoms with Crippen molar-refractivity contribution in [2.75, 3.05) is 26.7 Å². The molecule has 0 unspecified atom stereocenters. The van der Waals surface area contributed by atoms with Gasteiger partial charge < -0.3 is 10.2 Å². The third kappa shape index (κ3) is 2.54. The summed E-state index contributed by atoms with van der Waals surface area (Å²) in [6, 6.07) is 0. The fraction of sp³-hybridized carbons (Fsp3) is 0.778. The fourth-order valence-corrected chi connectivity index (χ4v) is 1.46. The van der Waals surface area contributed by atoms with Gasteiger partial charge in [0.2, 0.25) is 0 Å². The van der Waals surface area contributed by atoms with Crippen molar-refractivity contribution < 1.29 is 0 Å². The van der Waals surface area contributed by atoms with Crippen molar-refractivity contribution in [2.45, 2.75) is 19.3 Å². The molecular formula is C9H18N2. The molecule has 1 rings (SSSR count). The first-order chi connectivity index (χ1) is 5.34. The number of hydrogen-bond donors (Lipinski definition) is 1. The molecule has 1 N–H and O–H groups in total. The molecule has 1 aliphatic rings. The van der Waals surface area contributed by atoms with Crippen LogP contribution in [0.25, 0.3) is 0 Å². The van der Waals surface area contributed by atoms with E-state index in [-0.39, 0.29) is 0 Å². The summed E-state index contributed by atoms with van der Waals surface area (Å²) in [5, 5.41) is 3.13. The number of nitrogens with one attached hydrogen (secondary N) is 1. The molecule has 0 radical (unpaired) electrons. The SMILES string of the molecule is C=C(CCNC)N1CCCC1. The van der Waals surface area contributed by atoms with E-state index in [2.05, 4.69) is 16.8 Å². The van der Waals surface area contributed by atoms with Crippen LogP contribution in [-0.2, 0) is 0 Å². The molecule has 0 bridgehead atoms. The Morgan fingerprint density at radius 2 is 2.09 bits per heavy atom. The molecule has 0 spiro atoms. The van der Waals surface area contributed by atoms with Gasteiger partial charge in [-0.1, -0.05) is 6.58 Å². The Balaban J connectivity index is 2.17. The predicted octanol–water partition coefficient (Wildman–Crippen LogP) is 1.21. The third-order valence-electron chi connectivity index (χ3n) is 2.22. The summed E-state index contributed by atoms with van der Waals surface area (Å²) in [7, 11) is 1.98. The van der Waals surface area contributed by atoms with Crippen LogP contribution in [0.5, 0.6) is 0 Å². The van der Waals surface area contributed by atoms with E-state index in [0.717, 1.165) is 13.0 Å². The van der Waals surface area contributed by atoms with Gasteiger partial charge in [-0.05, 0) is 26.3 Å². The molecule has 11 heavy (non-hydrogen) atoms. The highest BCUT2D eigenvalue weighted by Gasteiger charge is 2.11. The van der Waals surface area contributed by atoms with Gasteiger partial charge in [0.15, 0.2) is 0 Å². The van der Waals surface area contributed by atoms with E-state index in [0.29, 0.717) is 0 Å². The van der Waals surface area contributed by atoms with E-state index >= 15 is 0 Å². The quantitative estimate of drug-likeness (QED) is 0.654. The van der Waals surface area contributed by atoms with Crippen molar-refractivity contribution in [3.05, 3.63) is 12.3 Å². The molecule has 1 fully saturated rings. The van der Waals surface area contributed by atoms with E-state index in [4.69, 9.17) is 0 Å². The maximum Gasteiger partial charge on any atom is 0.0175 e. The Morgan fingerprint density at radius 3 is 2.64 bits per heavy atom. The monoisotopic (exact) mass is 154 g/mol. The molecule has 0 aromatic heterocycles. The van der Waals surface area contributed by atoms with E-state index < -0.39 is 0 Å². The molecule has 2 nitrogen and oxygen atoms in total. The highest BCUT2D eigenvalue weighted by atomic mass is 15.1. The van der Waals surface area contributed by atoms with Crippen LogP contribution >= 0.6 is 0 Å². The largest absolute Gasteiger partial charge is 0.375 e. The number of hydrogen-bond acceptors (Lipinski definition) is 2. The zero-order valence-corrected chi connectivity index (χ0v) is 7.40. The standard InChI is InChI=1S/C9H18N2/c1-9(5-6-10-2)11-7-3-4-8-11/h10H,1,3-8H2,2H3. The van der Waals surface area contributed by atoms with Crippen molar-refractivity contribution in [1.29, 1.82) is 0 Å². The summed E-state index contributed by atoms with van der Waals surface area (Å²) >= 11 is 0. The molecule has 0 aromatic rings. The Bertz CT molecular complexity index is 126. The minimum absolute atomic E-state index is 1.05.